The summed E-state index contributed by atoms with van der Waals surface area (Å²) >= 11 is 0. The molecule has 1 aromatic heterocycles. The summed E-state index contributed by atoms with van der Waals surface area (Å²) in [6.07, 6.45) is 4.75. The summed E-state index contributed by atoms with van der Waals surface area (Å²) in [4.78, 5) is 12.5. The number of amides is 1. The van der Waals surface area contributed by atoms with E-state index in [4.69, 9.17) is 4.52 Å². The van der Waals surface area contributed by atoms with Crippen LogP contribution in [0.1, 0.15) is 74.2 Å². The average molecular weight is 264 g/mol. The van der Waals surface area contributed by atoms with Crippen molar-refractivity contribution in [1.82, 2.24) is 10.5 Å². The Hall–Kier alpha value is -1.32. The molecule has 0 saturated heterocycles. The second kappa shape index (κ2) is 5.76. The minimum atomic E-state index is -0.0267. The van der Waals surface area contributed by atoms with E-state index in [-0.39, 0.29) is 17.9 Å². The molecule has 19 heavy (non-hydrogen) atoms. The third-order valence-electron chi connectivity index (χ3n) is 4.07. The molecule has 4 nitrogen and oxygen atoms in total. The Labute approximate surface area is 114 Å². The van der Waals surface area contributed by atoms with Crippen LogP contribution in [0.3, 0.4) is 0 Å². The van der Waals surface area contributed by atoms with Gasteiger partial charge < -0.3 is 9.84 Å². The van der Waals surface area contributed by atoms with Crippen molar-refractivity contribution in [2.45, 2.75) is 65.3 Å². The number of hydrogen-bond donors (Lipinski definition) is 1. The largest absolute Gasteiger partial charge is 0.360 e. The molecular weight excluding hydrogens is 240 g/mol. The van der Waals surface area contributed by atoms with Crippen LogP contribution in [0.5, 0.6) is 0 Å². The molecule has 0 aromatic carbocycles. The van der Waals surface area contributed by atoms with Crippen molar-refractivity contribution in [3.8, 4) is 0 Å². The van der Waals surface area contributed by atoms with Crippen LogP contribution < -0.4 is 5.32 Å². The molecule has 1 aromatic rings. The van der Waals surface area contributed by atoms with Gasteiger partial charge >= 0.3 is 0 Å². The van der Waals surface area contributed by atoms with Crippen LogP contribution in [0.4, 0.5) is 0 Å². The van der Waals surface area contributed by atoms with E-state index in [1.165, 1.54) is 19.3 Å². The van der Waals surface area contributed by atoms with Gasteiger partial charge in [-0.3, -0.25) is 4.79 Å². The van der Waals surface area contributed by atoms with E-state index in [2.05, 4.69) is 17.4 Å². The Morgan fingerprint density at radius 1 is 1.37 bits per heavy atom. The van der Waals surface area contributed by atoms with Gasteiger partial charge in [-0.25, -0.2) is 0 Å². The minimum Gasteiger partial charge on any atom is -0.360 e. The van der Waals surface area contributed by atoms with Crippen LogP contribution in [0.15, 0.2) is 4.52 Å². The molecule has 0 aliphatic heterocycles. The van der Waals surface area contributed by atoms with Gasteiger partial charge in [-0.2, -0.15) is 0 Å². The Kier molecular flexibility index (Phi) is 4.27. The van der Waals surface area contributed by atoms with E-state index in [1.54, 1.807) is 0 Å². The van der Waals surface area contributed by atoms with Crippen LogP contribution in [0.25, 0.3) is 0 Å². The maximum atomic E-state index is 12.5. The maximum Gasteiger partial charge on any atom is 0.257 e. The first-order chi connectivity index (χ1) is 9.00. The lowest BCUT2D eigenvalue weighted by Gasteiger charge is -2.29. The predicted octanol–water partition coefficient (Wildman–Crippen LogP) is 3.41. The fourth-order valence-electron chi connectivity index (χ4n) is 2.83. The smallest absolute Gasteiger partial charge is 0.257 e. The Balaban J connectivity index is 2.13. The summed E-state index contributed by atoms with van der Waals surface area (Å²) in [5, 5.41) is 7.10. The molecule has 1 N–H and O–H groups in total. The van der Waals surface area contributed by atoms with Gasteiger partial charge in [-0.05, 0) is 25.7 Å². The number of nitrogens with zero attached hydrogens (tertiary/aromatic N) is 1. The zero-order valence-electron chi connectivity index (χ0n) is 12.3. The second-order valence-corrected chi connectivity index (χ2v) is 6.00. The minimum absolute atomic E-state index is 0.0267. The molecule has 0 radical (unpaired) electrons. The number of rotatable bonds is 3. The van der Waals surface area contributed by atoms with Crippen molar-refractivity contribution in [1.29, 1.82) is 0 Å². The van der Waals surface area contributed by atoms with Crippen LogP contribution in [0, 0.1) is 12.8 Å². The summed E-state index contributed by atoms with van der Waals surface area (Å²) < 4.78 is 5.28. The van der Waals surface area contributed by atoms with E-state index < -0.39 is 0 Å². The molecule has 1 saturated carbocycles. The van der Waals surface area contributed by atoms with Gasteiger partial charge in [-0.1, -0.05) is 38.8 Å². The topological polar surface area (TPSA) is 55.1 Å². The number of aryl methyl sites for hydroxylation is 1. The second-order valence-electron chi connectivity index (χ2n) is 6.00. The molecule has 0 bridgehead atoms. The Morgan fingerprint density at radius 3 is 2.68 bits per heavy atom. The third-order valence-corrected chi connectivity index (χ3v) is 4.07. The number of hydrogen-bond acceptors (Lipinski definition) is 3. The molecule has 1 amide bonds. The van der Waals surface area contributed by atoms with E-state index in [0.717, 1.165) is 6.42 Å². The van der Waals surface area contributed by atoms with Gasteiger partial charge in [0.25, 0.3) is 5.91 Å². The lowest BCUT2D eigenvalue weighted by atomic mass is 9.85. The Bertz CT molecular complexity index is 451. The Morgan fingerprint density at radius 2 is 2.05 bits per heavy atom. The first-order valence-electron chi connectivity index (χ1n) is 7.27. The molecule has 1 aliphatic carbocycles. The maximum absolute atomic E-state index is 12.5. The standard InChI is InChI=1S/C15H24N2O2/c1-9(2)14-13(11(4)17-19-14)15(18)16-12-8-6-5-7-10(12)3/h9-10,12H,5-8H2,1-4H3,(H,16,18). The van der Waals surface area contributed by atoms with Crippen molar-refractivity contribution in [3.05, 3.63) is 17.0 Å². The van der Waals surface area contributed by atoms with E-state index >= 15 is 0 Å². The molecular formula is C15H24N2O2. The van der Waals surface area contributed by atoms with E-state index in [9.17, 15) is 4.79 Å². The van der Waals surface area contributed by atoms with Crippen molar-refractivity contribution in [2.24, 2.45) is 5.92 Å². The van der Waals surface area contributed by atoms with Crippen LogP contribution >= 0.6 is 0 Å². The highest BCUT2D eigenvalue weighted by Crippen LogP contribution is 2.26. The first kappa shape index (κ1) is 14.1. The van der Waals surface area contributed by atoms with Gasteiger partial charge in [0.2, 0.25) is 0 Å². The summed E-state index contributed by atoms with van der Waals surface area (Å²) in [6.45, 7) is 8.07. The summed E-state index contributed by atoms with van der Waals surface area (Å²) in [5.41, 5.74) is 1.32. The SMILES string of the molecule is Cc1noc(C(C)C)c1C(=O)NC1CCCCC1C. The quantitative estimate of drug-likeness (QED) is 0.910. The average Bonchev–Trinajstić information content (AvgIpc) is 2.74. The van der Waals surface area contributed by atoms with Gasteiger partial charge in [-0.15, -0.1) is 0 Å². The highest BCUT2D eigenvalue weighted by atomic mass is 16.5. The van der Waals surface area contributed by atoms with Crippen LogP contribution in [-0.4, -0.2) is 17.1 Å². The summed E-state index contributed by atoms with van der Waals surface area (Å²) in [6, 6.07) is 0.288. The highest BCUT2D eigenvalue weighted by molar-refractivity contribution is 5.96. The first-order valence-corrected chi connectivity index (χ1v) is 7.27. The molecule has 0 spiro atoms. The third kappa shape index (κ3) is 2.99. The van der Waals surface area contributed by atoms with Crippen molar-refractivity contribution >= 4 is 5.91 Å². The van der Waals surface area contributed by atoms with Gasteiger partial charge in [0.1, 0.15) is 5.56 Å². The molecule has 2 rings (SSSR count). The number of nitrogens with one attached hydrogen (secondary N) is 1. The van der Waals surface area contributed by atoms with Crippen molar-refractivity contribution in [2.75, 3.05) is 0 Å². The van der Waals surface area contributed by atoms with Crippen molar-refractivity contribution < 1.29 is 9.32 Å². The van der Waals surface area contributed by atoms with Gasteiger partial charge in [0.15, 0.2) is 5.76 Å². The molecule has 1 aliphatic rings. The van der Waals surface area contributed by atoms with E-state index in [0.29, 0.717) is 22.9 Å². The fraction of sp³-hybridized carbons (Fsp3) is 0.733. The molecule has 4 heteroatoms. The molecule has 1 heterocycles. The number of carbonyl (C=O) groups is 1. The fourth-order valence-corrected chi connectivity index (χ4v) is 2.83. The summed E-state index contributed by atoms with van der Waals surface area (Å²) in [7, 11) is 0. The number of carbonyl (C=O) groups excluding carboxylic acids is 1. The van der Waals surface area contributed by atoms with E-state index in [1.807, 2.05) is 20.8 Å². The molecule has 2 atom stereocenters. The lowest BCUT2D eigenvalue weighted by molar-refractivity contribution is 0.0907. The highest BCUT2D eigenvalue weighted by Gasteiger charge is 2.27. The van der Waals surface area contributed by atoms with Gasteiger partial charge in [0.05, 0.1) is 5.69 Å². The lowest BCUT2D eigenvalue weighted by Crippen LogP contribution is -2.41. The van der Waals surface area contributed by atoms with Crippen molar-refractivity contribution in [3.63, 3.8) is 0 Å². The number of aromatic nitrogens is 1. The van der Waals surface area contributed by atoms with Gasteiger partial charge in [0, 0.05) is 12.0 Å². The molecule has 1 fully saturated rings. The summed E-state index contributed by atoms with van der Waals surface area (Å²) in [5.74, 6) is 1.39. The predicted molar refractivity (Wildman–Crippen MR) is 74.2 cm³/mol. The molecule has 106 valence electrons. The normalized spacial score (nSPS) is 23.6. The zero-order valence-corrected chi connectivity index (χ0v) is 12.3. The molecule has 2 unspecified atom stereocenters. The zero-order chi connectivity index (χ0) is 14.0. The monoisotopic (exact) mass is 264 g/mol. The van der Waals surface area contributed by atoms with Crippen LogP contribution in [-0.2, 0) is 0 Å². The van der Waals surface area contributed by atoms with Crippen LogP contribution in [0.2, 0.25) is 0 Å².